The number of methoxy groups -OCH3 is 1. The first-order valence-electron chi connectivity index (χ1n) is 9.44. The van der Waals surface area contributed by atoms with E-state index in [0.717, 1.165) is 0 Å². The number of benzene rings is 1. The quantitative estimate of drug-likeness (QED) is 0.371. The molecular formula is C20H15Cl2FN6O4S. The van der Waals surface area contributed by atoms with E-state index >= 15 is 4.39 Å². The van der Waals surface area contributed by atoms with Gasteiger partial charge in [0, 0.05) is 19.4 Å². The van der Waals surface area contributed by atoms with Gasteiger partial charge >= 0.3 is 0 Å². The van der Waals surface area contributed by atoms with Gasteiger partial charge in [0.25, 0.3) is 5.91 Å². The Kier molecular flexibility index (Phi) is 6.55. The van der Waals surface area contributed by atoms with Crippen LogP contribution in [0.15, 0.2) is 43.1 Å². The number of hydrogen-bond donors (Lipinski definition) is 2. The van der Waals surface area contributed by atoms with E-state index in [2.05, 4.69) is 20.3 Å². The van der Waals surface area contributed by atoms with Crippen LogP contribution in [0.2, 0.25) is 10.0 Å². The van der Waals surface area contributed by atoms with Crippen LogP contribution in [0.25, 0.3) is 16.8 Å². The summed E-state index contributed by atoms with van der Waals surface area (Å²) in [6.45, 7) is 0. The molecule has 0 saturated heterocycles. The molecule has 1 amide bonds. The molecule has 34 heavy (non-hydrogen) atoms. The van der Waals surface area contributed by atoms with Gasteiger partial charge in [0.2, 0.25) is 16.8 Å². The van der Waals surface area contributed by atoms with Crippen molar-refractivity contribution in [2.45, 2.75) is 0 Å². The topological polar surface area (TPSA) is 119 Å². The Bertz CT molecular complexity index is 1500. The first kappa shape index (κ1) is 23.7. The molecule has 0 unspecified atom stereocenters. The number of fused-ring (bicyclic) bond motifs is 1. The number of carbonyl (C=O) groups is 1. The van der Waals surface area contributed by atoms with Gasteiger partial charge in [-0.15, -0.1) is 0 Å². The SMILES string of the molecule is CNC(=O)c1ncn2cc(-c3c(Cl)ccc(N(c4cc(Cl)cnc4OC)[SH](=O)=O)c3F)ncc12. The number of aromatic nitrogens is 4. The Morgan fingerprint density at radius 1 is 1.18 bits per heavy atom. The number of halogens is 3. The van der Waals surface area contributed by atoms with Crippen LogP contribution in [0.5, 0.6) is 5.88 Å². The van der Waals surface area contributed by atoms with E-state index in [1.54, 1.807) is 0 Å². The molecular weight excluding hydrogens is 510 g/mol. The second kappa shape index (κ2) is 9.41. The molecule has 0 aliphatic carbocycles. The maximum Gasteiger partial charge on any atom is 0.271 e. The van der Waals surface area contributed by atoms with E-state index in [0.29, 0.717) is 9.82 Å². The molecule has 0 fully saturated rings. The van der Waals surface area contributed by atoms with Gasteiger partial charge in [-0.1, -0.05) is 23.2 Å². The molecule has 14 heteroatoms. The van der Waals surface area contributed by atoms with Gasteiger partial charge in [0.1, 0.15) is 12.0 Å². The molecule has 10 nitrogen and oxygen atoms in total. The number of ether oxygens (including phenoxy) is 1. The highest BCUT2D eigenvalue weighted by Crippen LogP contribution is 2.40. The van der Waals surface area contributed by atoms with Gasteiger partial charge in [0.05, 0.1) is 45.8 Å². The number of nitrogens with one attached hydrogen (secondary N) is 1. The van der Waals surface area contributed by atoms with E-state index < -0.39 is 22.6 Å². The fourth-order valence-electron chi connectivity index (χ4n) is 3.29. The molecule has 0 saturated carbocycles. The molecule has 3 heterocycles. The second-order valence-corrected chi connectivity index (χ2v) is 8.44. The van der Waals surface area contributed by atoms with Crippen molar-refractivity contribution in [3.63, 3.8) is 0 Å². The molecule has 4 rings (SSSR count). The van der Waals surface area contributed by atoms with Crippen LogP contribution in [-0.2, 0) is 10.9 Å². The number of pyridine rings is 1. The number of nitrogens with zero attached hydrogens (tertiary/aromatic N) is 5. The summed E-state index contributed by atoms with van der Waals surface area (Å²) in [5.74, 6) is -1.46. The number of rotatable bonds is 6. The number of thiol groups is 1. The zero-order valence-electron chi connectivity index (χ0n) is 17.5. The fourth-order valence-corrected chi connectivity index (χ4v) is 4.33. The van der Waals surface area contributed by atoms with Crippen LogP contribution in [0.3, 0.4) is 0 Å². The van der Waals surface area contributed by atoms with Gasteiger partial charge in [-0.3, -0.25) is 9.78 Å². The van der Waals surface area contributed by atoms with Gasteiger partial charge in [-0.25, -0.2) is 27.1 Å². The molecule has 0 spiro atoms. The maximum atomic E-state index is 15.8. The van der Waals surface area contributed by atoms with Crippen molar-refractivity contribution in [1.29, 1.82) is 0 Å². The maximum absolute atomic E-state index is 15.8. The molecule has 176 valence electrons. The summed E-state index contributed by atoms with van der Waals surface area (Å²) < 4.78 is 47.5. The number of hydrogen-bond acceptors (Lipinski definition) is 7. The molecule has 0 atom stereocenters. The minimum absolute atomic E-state index is 0.0167. The lowest BCUT2D eigenvalue weighted by molar-refractivity contribution is 0.0960. The third-order valence-corrected chi connectivity index (χ3v) is 6.08. The summed E-state index contributed by atoms with van der Waals surface area (Å²) in [5, 5.41) is 2.57. The highest BCUT2D eigenvalue weighted by molar-refractivity contribution is 7.74. The standard InChI is InChI=1S/C20H15Cl2FN6O4S/c1-24-19(30)18-15-7-25-12(8-28(15)9-27-18)16-11(22)3-4-13(17(16)23)29(34(31)32)14-5-10(21)6-26-20(14)33-2/h3-9,34H,1-2H3,(H,24,30). The zero-order valence-corrected chi connectivity index (χ0v) is 19.9. The van der Waals surface area contributed by atoms with Crippen molar-refractivity contribution >= 4 is 56.9 Å². The van der Waals surface area contributed by atoms with Crippen molar-refractivity contribution in [3.8, 4) is 17.1 Å². The Labute approximate surface area is 204 Å². The lowest BCUT2D eigenvalue weighted by atomic mass is 10.1. The van der Waals surface area contributed by atoms with Crippen LogP contribution in [0.1, 0.15) is 10.5 Å². The van der Waals surface area contributed by atoms with Crippen LogP contribution < -0.4 is 14.4 Å². The first-order valence-corrected chi connectivity index (χ1v) is 11.3. The minimum Gasteiger partial charge on any atom is -0.479 e. The second-order valence-electron chi connectivity index (χ2n) is 6.72. The fraction of sp³-hybridized carbons (Fsp3) is 0.100. The average molecular weight is 525 g/mol. The van der Waals surface area contributed by atoms with Crippen molar-refractivity contribution in [1.82, 2.24) is 24.7 Å². The van der Waals surface area contributed by atoms with Gasteiger partial charge in [0.15, 0.2) is 11.5 Å². The summed E-state index contributed by atoms with van der Waals surface area (Å²) in [4.78, 5) is 24.2. The molecule has 0 aliphatic heterocycles. The zero-order chi connectivity index (χ0) is 24.6. The predicted molar refractivity (Wildman–Crippen MR) is 125 cm³/mol. The van der Waals surface area contributed by atoms with Crippen LogP contribution in [-0.4, -0.2) is 47.8 Å². The molecule has 4 aromatic rings. The monoisotopic (exact) mass is 524 g/mol. The van der Waals surface area contributed by atoms with Crippen molar-refractivity contribution in [2.75, 3.05) is 18.5 Å². The molecule has 0 aliphatic rings. The number of imidazole rings is 1. The number of anilines is 2. The third-order valence-electron chi connectivity index (χ3n) is 4.80. The highest BCUT2D eigenvalue weighted by atomic mass is 35.5. The number of amides is 1. The number of carbonyl (C=O) groups excluding carboxylic acids is 1. The summed E-state index contributed by atoms with van der Waals surface area (Å²) in [7, 11) is -0.647. The summed E-state index contributed by atoms with van der Waals surface area (Å²) in [6.07, 6.45) is 5.39. The van der Waals surface area contributed by atoms with Crippen LogP contribution in [0.4, 0.5) is 15.8 Å². The van der Waals surface area contributed by atoms with Crippen LogP contribution in [0, 0.1) is 5.82 Å². The lowest BCUT2D eigenvalue weighted by Gasteiger charge is -2.21. The molecule has 0 radical (unpaired) electrons. The largest absolute Gasteiger partial charge is 0.479 e. The Morgan fingerprint density at radius 3 is 2.62 bits per heavy atom. The first-order chi connectivity index (χ1) is 16.3. The van der Waals surface area contributed by atoms with Crippen molar-refractivity contribution < 1.29 is 22.3 Å². The summed E-state index contributed by atoms with van der Waals surface area (Å²) in [5.41, 5.74) is -0.00301. The minimum atomic E-state index is -3.40. The molecule has 1 aromatic carbocycles. The van der Waals surface area contributed by atoms with Gasteiger partial charge in [-0.2, -0.15) is 0 Å². The van der Waals surface area contributed by atoms with E-state index in [-0.39, 0.29) is 44.3 Å². The highest BCUT2D eigenvalue weighted by Gasteiger charge is 2.26. The van der Waals surface area contributed by atoms with E-state index in [9.17, 15) is 13.2 Å². The third kappa shape index (κ3) is 4.11. The smallest absolute Gasteiger partial charge is 0.271 e. The lowest BCUT2D eigenvalue weighted by Crippen LogP contribution is -2.18. The van der Waals surface area contributed by atoms with Gasteiger partial charge < -0.3 is 14.5 Å². The summed E-state index contributed by atoms with van der Waals surface area (Å²) in [6, 6.07) is 3.82. The molecule has 3 aromatic heterocycles. The van der Waals surface area contributed by atoms with Crippen molar-refractivity contribution in [3.05, 3.63) is 64.7 Å². The Hall–Kier alpha value is -3.48. The normalized spacial score (nSPS) is 11.1. The predicted octanol–water partition coefficient (Wildman–Crippen LogP) is 3.27. The van der Waals surface area contributed by atoms with E-state index in [1.165, 1.54) is 61.7 Å². The molecule has 0 bridgehead atoms. The van der Waals surface area contributed by atoms with Crippen molar-refractivity contribution in [2.24, 2.45) is 0 Å². The molecule has 1 N–H and O–H groups in total. The van der Waals surface area contributed by atoms with E-state index in [1.807, 2.05) is 0 Å². The van der Waals surface area contributed by atoms with E-state index in [4.69, 9.17) is 27.9 Å². The Morgan fingerprint density at radius 2 is 1.94 bits per heavy atom. The summed E-state index contributed by atoms with van der Waals surface area (Å²) >= 11 is 12.3. The van der Waals surface area contributed by atoms with Gasteiger partial charge in [-0.05, 0) is 18.2 Å². The average Bonchev–Trinajstić information content (AvgIpc) is 3.23. The van der Waals surface area contributed by atoms with Crippen LogP contribution >= 0.6 is 23.2 Å². The Balaban J connectivity index is 1.90.